The first kappa shape index (κ1) is 9.08. The lowest BCUT2D eigenvalue weighted by molar-refractivity contribution is -0.136. The first-order valence-electron chi connectivity index (χ1n) is 3.95. The maximum absolute atomic E-state index is 10.4. The Bertz CT molecular complexity index is 492. The number of thiol groups is 1. The van der Waals surface area contributed by atoms with Crippen LogP contribution in [0.5, 0.6) is 0 Å². The molecule has 1 heterocycles. The number of carbonyl (C=O) groups is 1. The Morgan fingerprint density at radius 3 is 3.07 bits per heavy atom. The van der Waals surface area contributed by atoms with Crippen molar-refractivity contribution in [3.8, 4) is 0 Å². The van der Waals surface area contributed by atoms with Crippen LogP contribution in [-0.2, 0) is 11.2 Å². The molecular formula is C9H7NO3S. The zero-order chi connectivity index (χ0) is 10.1. The Kier molecular flexibility index (Phi) is 2.17. The van der Waals surface area contributed by atoms with E-state index >= 15 is 0 Å². The number of hydrogen-bond acceptors (Lipinski definition) is 4. The lowest BCUT2D eigenvalue weighted by Gasteiger charge is -1.87. The largest absolute Gasteiger partial charge is 0.481 e. The number of aliphatic carboxylic acids is 1. The summed E-state index contributed by atoms with van der Waals surface area (Å²) >= 11 is 4.14. The molecule has 0 amide bonds. The highest BCUT2D eigenvalue weighted by atomic mass is 32.1. The van der Waals surface area contributed by atoms with Crippen LogP contribution < -0.4 is 0 Å². The van der Waals surface area contributed by atoms with Gasteiger partial charge in [-0.2, -0.15) is 0 Å². The van der Waals surface area contributed by atoms with Gasteiger partial charge in [0.05, 0.1) is 0 Å². The van der Waals surface area contributed by atoms with E-state index in [0.29, 0.717) is 11.1 Å². The van der Waals surface area contributed by atoms with Crippen LogP contribution in [-0.4, -0.2) is 16.1 Å². The van der Waals surface area contributed by atoms with Crippen LogP contribution in [0.4, 0.5) is 0 Å². The number of fused-ring (bicyclic) bond motifs is 1. The normalized spacial score (nSPS) is 10.6. The van der Waals surface area contributed by atoms with Gasteiger partial charge in [-0.1, -0.05) is 0 Å². The van der Waals surface area contributed by atoms with E-state index < -0.39 is 5.97 Å². The van der Waals surface area contributed by atoms with Crippen LogP contribution in [0.25, 0.3) is 11.1 Å². The molecule has 0 saturated heterocycles. The number of benzene rings is 1. The van der Waals surface area contributed by atoms with Crippen molar-refractivity contribution in [2.45, 2.75) is 11.3 Å². The topological polar surface area (TPSA) is 63.3 Å². The number of carboxylic acid groups (broad SMARTS) is 1. The molecule has 0 unspecified atom stereocenters. The number of nitrogens with zero attached hydrogens (tertiary/aromatic N) is 1. The van der Waals surface area contributed by atoms with E-state index in [1.165, 1.54) is 0 Å². The molecule has 0 aliphatic heterocycles. The van der Waals surface area contributed by atoms with E-state index in [1.54, 1.807) is 18.2 Å². The zero-order valence-electron chi connectivity index (χ0n) is 7.10. The molecule has 5 heteroatoms. The van der Waals surface area contributed by atoms with Crippen LogP contribution in [0.15, 0.2) is 27.5 Å². The SMILES string of the molecule is O=C(O)Cc1nc2cc(S)ccc2o1. The van der Waals surface area contributed by atoms with Gasteiger partial charge in [0.1, 0.15) is 11.9 Å². The van der Waals surface area contributed by atoms with Gasteiger partial charge in [0, 0.05) is 4.90 Å². The summed E-state index contributed by atoms with van der Waals surface area (Å²) in [5.41, 5.74) is 1.22. The molecule has 0 aliphatic carbocycles. The standard InChI is InChI=1S/C9H7NO3S/c11-9(12)4-8-10-6-3-5(14)1-2-7(6)13-8/h1-3,14H,4H2,(H,11,12). The van der Waals surface area contributed by atoms with Crippen molar-refractivity contribution in [2.75, 3.05) is 0 Å². The highest BCUT2D eigenvalue weighted by Gasteiger charge is 2.08. The van der Waals surface area contributed by atoms with E-state index in [9.17, 15) is 4.79 Å². The van der Waals surface area contributed by atoms with Gasteiger partial charge in [-0.3, -0.25) is 4.79 Å². The second-order valence-corrected chi connectivity index (χ2v) is 3.35. The Hall–Kier alpha value is -1.49. The molecule has 1 aromatic carbocycles. The molecule has 0 radical (unpaired) electrons. The van der Waals surface area contributed by atoms with Crippen LogP contribution >= 0.6 is 12.6 Å². The fourth-order valence-electron chi connectivity index (χ4n) is 1.17. The smallest absolute Gasteiger partial charge is 0.312 e. The van der Waals surface area contributed by atoms with E-state index in [4.69, 9.17) is 9.52 Å². The monoisotopic (exact) mass is 209 g/mol. The minimum absolute atomic E-state index is 0.198. The number of carboxylic acids is 1. The number of aromatic nitrogens is 1. The van der Waals surface area contributed by atoms with E-state index in [0.717, 1.165) is 4.90 Å². The highest BCUT2D eigenvalue weighted by molar-refractivity contribution is 7.80. The Morgan fingerprint density at radius 2 is 2.36 bits per heavy atom. The van der Waals surface area contributed by atoms with E-state index in [2.05, 4.69) is 17.6 Å². The second kappa shape index (κ2) is 3.34. The van der Waals surface area contributed by atoms with Crippen molar-refractivity contribution in [3.05, 3.63) is 24.1 Å². The van der Waals surface area contributed by atoms with Gasteiger partial charge in [-0.05, 0) is 18.2 Å². The highest BCUT2D eigenvalue weighted by Crippen LogP contribution is 2.19. The third-order valence-corrected chi connectivity index (χ3v) is 2.00. The molecule has 0 bridgehead atoms. The van der Waals surface area contributed by atoms with Crippen molar-refractivity contribution in [1.82, 2.24) is 4.98 Å². The minimum Gasteiger partial charge on any atom is -0.481 e. The second-order valence-electron chi connectivity index (χ2n) is 2.83. The number of rotatable bonds is 2. The first-order valence-corrected chi connectivity index (χ1v) is 4.40. The molecular weight excluding hydrogens is 202 g/mol. The Balaban J connectivity index is 2.46. The summed E-state index contributed by atoms with van der Waals surface area (Å²) in [7, 11) is 0. The van der Waals surface area contributed by atoms with E-state index in [-0.39, 0.29) is 12.3 Å². The molecule has 0 atom stereocenters. The molecule has 1 N–H and O–H groups in total. The van der Waals surface area contributed by atoms with Gasteiger partial charge in [-0.25, -0.2) is 4.98 Å². The summed E-state index contributed by atoms with van der Waals surface area (Å²) in [5.74, 6) is -0.742. The number of oxazole rings is 1. The third kappa shape index (κ3) is 1.72. The molecule has 0 fully saturated rings. The lowest BCUT2D eigenvalue weighted by Crippen LogP contribution is -1.99. The summed E-state index contributed by atoms with van der Waals surface area (Å²) in [4.78, 5) is 15.2. The Labute approximate surface area is 85.0 Å². The predicted octanol–water partition coefficient (Wildman–Crippen LogP) is 1.74. The molecule has 14 heavy (non-hydrogen) atoms. The molecule has 72 valence electrons. The summed E-state index contributed by atoms with van der Waals surface area (Å²) in [5, 5.41) is 8.53. The van der Waals surface area contributed by atoms with Crippen molar-refractivity contribution in [3.63, 3.8) is 0 Å². The van der Waals surface area contributed by atoms with Crippen LogP contribution in [0.1, 0.15) is 5.89 Å². The van der Waals surface area contributed by atoms with E-state index in [1.807, 2.05) is 0 Å². The maximum atomic E-state index is 10.4. The third-order valence-electron chi connectivity index (χ3n) is 1.72. The summed E-state index contributed by atoms with van der Waals surface area (Å²) < 4.78 is 5.21. The van der Waals surface area contributed by atoms with Crippen molar-refractivity contribution in [1.29, 1.82) is 0 Å². The lowest BCUT2D eigenvalue weighted by atomic mass is 10.3. The van der Waals surface area contributed by atoms with Crippen molar-refractivity contribution in [2.24, 2.45) is 0 Å². The van der Waals surface area contributed by atoms with Gasteiger partial charge in [0.2, 0.25) is 5.89 Å². The quantitative estimate of drug-likeness (QED) is 0.739. The van der Waals surface area contributed by atoms with Gasteiger partial charge in [0.15, 0.2) is 5.58 Å². The average Bonchev–Trinajstić information content (AvgIpc) is 2.44. The Morgan fingerprint density at radius 1 is 1.57 bits per heavy atom. The summed E-state index contributed by atoms with van der Waals surface area (Å²) in [6.45, 7) is 0. The number of hydrogen-bond donors (Lipinski definition) is 2. The minimum atomic E-state index is -0.956. The molecule has 4 nitrogen and oxygen atoms in total. The maximum Gasteiger partial charge on any atom is 0.312 e. The fourth-order valence-corrected chi connectivity index (χ4v) is 1.37. The predicted molar refractivity (Wildman–Crippen MR) is 52.6 cm³/mol. The molecule has 0 saturated carbocycles. The summed E-state index contributed by atoms with van der Waals surface area (Å²) in [6, 6.07) is 5.21. The molecule has 2 aromatic rings. The average molecular weight is 209 g/mol. The fraction of sp³-hybridized carbons (Fsp3) is 0.111. The van der Waals surface area contributed by atoms with Gasteiger partial charge >= 0.3 is 5.97 Å². The zero-order valence-corrected chi connectivity index (χ0v) is 7.99. The van der Waals surface area contributed by atoms with Gasteiger partial charge in [0.25, 0.3) is 0 Å². The molecule has 0 spiro atoms. The summed E-state index contributed by atoms with van der Waals surface area (Å²) in [6.07, 6.45) is -0.198. The van der Waals surface area contributed by atoms with Gasteiger partial charge in [-0.15, -0.1) is 12.6 Å². The van der Waals surface area contributed by atoms with Crippen LogP contribution in [0, 0.1) is 0 Å². The van der Waals surface area contributed by atoms with Crippen LogP contribution in [0.2, 0.25) is 0 Å². The van der Waals surface area contributed by atoms with Crippen molar-refractivity contribution < 1.29 is 14.3 Å². The molecule has 2 rings (SSSR count). The van der Waals surface area contributed by atoms with Crippen LogP contribution in [0.3, 0.4) is 0 Å². The van der Waals surface area contributed by atoms with Crippen molar-refractivity contribution >= 4 is 29.7 Å². The first-order chi connectivity index (χ1) is 6.65. The molecule has 1 aromatic heterocycles. The molecule has 0 aliphatic rings. The van der Waals surface area contributed by atoms with Gasteiger partial charge < -0.3 is 9.52 Å².